The van der Waals surface area contributed by atoms with Gasteiger partial charge in [0.2, 0.25) is 11.8 Å². The molecule has 3 N–H and O–H groups in total. The van der Waals surface area contributed by atoms with E-state index in [4.69, 9.17) is 10.2 Å². The molecule has 4 heterocycles. The van der Waals surface area contributed by atoms with Crippen LogP contribution in [0, 0.1) is 0 Å². The zero-order valence-electron chi connectivity index (χ0n) is 12.8. The van der Waals surface area contributed by atoms with E-state index in [9.17, 15) is 9.90 Å². The predicted octanol–water partition coefficient (Wildman–Crippen LogP) is 1.14. The van der Waals surface area contributed by atoms with E-state index in [-0.39, 0.29) is 5.95 Å². The van der Waals surface area contributed by atoms with Crippen molar-refractivity contribution >= 4 is 28.6 Å². The number of aliphatic carboxylic acids is 1. The molecule has 0 radical (unpaired) electrons. The molecule has 0 aliphatic carbocycles. The van der Waals surface area contributed by atoms with E-state index in [2.05, 4.69) is 20.2 Å². The molecular weight excluding hydrogens is 314 g/mol. The lowest BCUT2D eigenvalue weighted by molar-refractivity contribution is -0.146. The van der Waals surface area contributed by atoms with Crippen LogP contribution in [0.5, 0.6) is 0 Å². The van der Waals surface area contributed by atoms with Crippen LogP contribution in [0.15, 0.2) is 29.0 Å². The Labute approximate surface area is 134 Å². The van der Waals surface area contributed by atoms with Crippen LogP contribution in [0.4, 0.5) is 5.95 Å². The van der Waals surface area contributed by atoms with Crippen molar-refractivity contribution in [3.05, 3.63) is 24.6 Å². The van der Waals surface area contributed by atoms with Gasteiger partial charge in [-0.2, -0.15) is 14.6 Å². The fourth-order valence-electron chi connectivity index (χ4n) is 2.30. The van der Waals surface area contributed by atoms with E-state index in [1.54, 1.807) is 32.2 Å². The first-order valence-electron chi connectivity index (χ1n) is 7.07. The maximum Gasteiger partial charge on any atom is 0.331 e. The Morgan fingerprint density at radius 1 is 1.33 bits per heavy atom. The van der Waals surface area contributed by atoms with Gasteiger partial charge in [0.25, 0.3) is 0 Å². The Bertz CT molecular complexity index is 1080. The lowest BCUT2D eigenvalue weighted by Crippen LogP contribution is -2.35. The second-order valence-corrected chi connectivity index (χ2v) is 5.79. The number of fused-ring (bicyclic) bond motifs is 3. The Morgan fingerprint density at radius 3 is 2.79 bits per heavy atom. The van der Waals surface area contributed by atoms with Gasteiger partial charge in [0.1, 0.15) is 0 Å². The highest BCUT2D eigenvalue weighted by molar-refractivity contribution is 5.90. The molecule has 4 aromatic heterocycles. The van der Waals surface area contributed by atoms with E-state index < -0.39 is 11.5 Å². The fourth-order valence-corrected chi connectivity index (χ4v) is 2.30. The first-order chi connectivity index (χ1) is 11.4. The number of hydrogen-bond acceptors (Lipinski definition) is 7. The number of hydrogen-bond donors (Lipinski definition) is 2. The summed E-state index contributed by atoms with van der Waals surface area (Å²) in [5.74, 6) is -0.0750. The minimum absolute atomic E-state index is 0.0983. The maximum atomic E-state index is 11.4. The molecule has 0 amide bonds. The normalized spacial score (nSPS) is 12.2. The summed E-state index contributed by atoms with van der Waals surface area (Å²) >= 11 is 0. The first-order valence-corrected chi connectivity index (χ1v) is 7.07. The van der Waals surface area contributed by atoms with Crippen molar-refractivity contribution in [1.82, 2.24) is 29.4 Å². The van der Waals surface area contributed by atoms with Gasteiger partial charge >= 0.3 is 5.97 Å². The van der Waals surface area contributed by atoms with Gasteiger partial charge in [-0.15, -0.1) is 5.10 Å². The molecule has 0 bridgehead atoms. The van der Waals surface area contributed by atoms with Gasteiger partial charge < -0.3 is 15.3 Å². The van der Waals surface area contributed by atoms with Gasteiger partial charge in [0.15, 0.2) is 22.6 Å². The zero-order valence-corrected chi connectivity index (χ0v) is 12.8. The molecule has 10 heteroatoms. The third-order valence-electron chi connectivity index (χ3n) is 3.82. The van der Waals surface area contributed by atoms with Crippen molar-refractivity contribution in [2.75, 3.05) is 5.73 Å². The summed E-state index contributed by atoms with van der Waals surface area (Å²) in [7, 11) is 0. The molecule has 10 nitrogen and oxygen atoms in total. The highest BCUT2D eigenvalue weighted by Crippen LogP contribution is 2.25. The number of carboxylic acid groups (broad SMARTS) is 1. The molecule has 4 rings (SSSR count). The van der Waals surface area contributed by atoms with Gasteiger partial charge in [-0.3, -0.25) is 4.68 Å². The van der Waals surface area contributed by atoms with E-state index in [1.165, 1.54) is 15.5 Å². The van der Waals surface area contributed by atoms with E-state index in [0.717, 1.165) is 0 Å². The summed E-state index contributed by atoms with van der Waals surface area (Å²) in [6.07, 6.45) is 3.09. The van der Waals surface area contributed by atoms with Gasteiger partial charge in [0, 0.05) is 6.20 Å². The number of anilines is 1. The maximum absolute atomic E-state index is 11.4. The largest absolute Gasteiger partial charge is 0.479 e. The monoisotopic (exact) mass is 327 g/mol. The van der Waals surface area contributed by atoms with Crippen LogP contribution in [-0.2, 0) is 10.3 Å². The van der Waals surface area contributed by atoms with Gasteiger partial charge in [-0.05, 0) is 26.0 Å². The second kappa shape index (κ2) is 4.54. The van der Waals surface area contributed by atoms with E-state index in [0.29, 0.717) is 28.3 Å². The predicted molar refractivity (Wildman–Crippen MR) is 83.1 cm³/mol. The van der Waals surface area contributed by atoms with Crippen molar-refractivity contribution < 1.29 is 14.3 Å². The molecule has 24 heavy (non-hydrogen) atoms. The minimum atomic E-state index is -1.24. The summed E-state index contributed by atoms with van der Waals surface area (Å²) in [6, 6.07) is 3.46. The Morgan fingerprint density at radius 2 is 2.12 bits per heavy atom. The molecule has 0 aromatic carbocycles. The van der Waals surface area contributed by atoms with Crippen molar-refractivity contribution in [3.63, 3.8) is 0 Å². The Kier molecular flexibility index (Phi) is 2.68. The van der Waals surface area contributed by atoms with E-state index >= 15 is 0 Å². The van der Waals surface area contributed by atoms with E-state index in [1.807, 2.05) is 0 Å². The van der Waals surface area contributed by atoms with Crippen LogP contribution in [0.2, 0.25) is 0 Å². The van der Waals surface area contributed by atoms with Gasteiger partial charge in [0.05, 0.1) is 11.6 Å². The average molecular weight is 327 g/mol. The summed E-state index contributed by atoms with van der Waals surface area (Å²) < 4.78 is 8.00. The molecule has 4 aromatic rings. The molecule has 0 aliphatic heterocycles. The third kappa shape index (κ3) is 1.86. The van der Waals surface area contributed by atoms with Crippen LogP contribution in [-0.4, -0.2) is 40.4 Å². The molecule has 122 valence electrons. The molecule has 0 aliphatic rings. The summed E-state index contributed by atoms with van der Waals surface area (Å²) in [5, 5.41) is 18.4. The van der Waals surface area contributed by atoms with Crippen LogP contribution in [0.3, 0.4) is 0 Å². The summed E-state index contributed by atoms with van der Waals surface area (Å²) in [4.78, 5) is 20.0. The third-order valence-corrected chi connectivity index (χ3v) is 3.82. The van der Waals surface area contributed by atoms with Crippen LogP contribution < -0.4 is 5.73 Å². The first kappa shape index (κ1) is 14.2. The summed E-state index contributed by atoms with van der Waals surface area (Å²) in [5.41, 5.74) is 5.41. The smallest absolute Gasteiger partial charge is 0.331 e. The molecule has 0 spiro atoms. The molecule has 0 unspecified atom stereocenters. The average Bonchev–Trinajstić information content (AvgIpc) is 3.25. The Balaban J connectivity index is 2.00. The van der Waals surface area contributed by atoms with Crippen molar-refractivity contribution in [2.45, 2.75) is 19.4 Å². The standard InChI is InChI=1S/C14H13N7O3/c1-14(2,12(22)23)20-6-7-9(18-20)17-13(15)21-11(7)16-10(19-21)8-4-3-5-24-8/h3-6H,1-2H3,(H,22,23)(H2,15,17,18). The lowest BCUT2D eigenvalue weighted by Gasteiger charge is -2.19. The van der Waals surface area contributed by atoms with Crippen LogP contribution in [0.25, 0.3) is 28.3 Å². The number of furan rings is 1. The van der Waals surface area contributed by atoms with Crippen LogP contribution >= 0.6 is 0 Å². The lowest BCUT2D eigenvalue weighted by atomic mass is 10.1. The minimum Gasteiger partial charge on any atom is -0.479 e. The highest BCUT2D eigenvalue weighted by Gasteiger charge is 2.31. The number of carboxylic acids is 1. The summed E-state index contributed by atoms with van der Waals surface area (Å²) in [6.45, 7) is 3.08. The number of nitrogens with two attached hydrogens (primary N) is 1. The SMILES string of the molecule is CC(C)(C(=O)O)n1cc2c(nc(N)n3nc(-c4ccco4)nc23)n1. The highest BCUT2D eigenvalue weighted by atomic mass is 16.4. The number of rotatable bonds is 3. The Hall–Kier alpha value is -3.43. The quantitative estimate of drug-likeness (QED) is 0.571. The van der Waals surface area contributed by atoms with Crippen LogP contribution in [0.1, 0.15) is 13.8 Å². The van der Waals surface area contributed by atoms with Gasteiger partial charge in [-0.25, -0.2) is 9.78 Å². The topological polar surface area (TPSA) is 137 Å². The molecular formula is C14H13N7O3. The number of nitrogen functional groups attached to an aromatic ring is 1. The van der Waals surface area contributed by atoms with Gasteiger partial charge in [-0.1, -0.05) is 0 Å². The van der Waals surface area contributed by atoms with Crippen molar-refractivity contribution in [2.24, 2.45) is 0 Å². The van der Waals surface area contributed by atoms with Crippen molar-refractivity contribution in [3.8, 4) is 11.6 Å². The number of nitrogens with zero attached hydrogens (tertiary/aromatic N) is 6. The molecule has 0 saturated carbocycles. The zero-order chi connectivity index (χ0) is 17.1. The molecule has 0 fully saturated rings. The number of carbonyl (C=O) groups is 1. The van der Waals surface area contributed by atoms with Crippen molar-refractivity contribution in [1.29, 1.82) is 0 Å². The number of aromatic nitrogens is 6. The molecule has 0 saturated heterocycles. The second-order valence-electron chi connectivity index (χ2n) is 5.79. The molecule has 0 atom stereocenters. The fraction of sp³-hybridized carbons (Fsp3) is 0.214.